The molecule has 1 rings (SSSR count). The maximum absolute atomic E-state index is 4.02. The third-order valence-corrected chi connectivity index (χ3v) is 2.37. The molecule has 0 spiro atoms. The third-order valence-electron chi connectivity index (χ3n) is 2.37. The fraction of sp³-hybridized carbons (Fsp3) is 0.667. The molecule has 0 saturated carbocycles. The number of rotatable bonds is 5. The number of aromatic nitrogens is 4. The number of hydrogen-bond acceptors (Lipinski definition) is 5. The normalized spacial score (nSPS) is 9.59. The fourth-order valence-electron chi connectivity index (χ4n) is 1.31. The minimum Gasteiger partial charge on any atom is -0.339 e. The molecule has 5 nitrogen and oxygen atoms in total. The first-order valence-electron chi connectivity index (χ1n) is 6.13. The van der Waals surface area contributed by atoms with Crippen LogP contribution < -0.4 is 4.90 Å². The molecule has 5 heteroatoms. The minimum absolute atomic E-state index is 0.400. The van der Waals surface area contributed by atoms with Crippen LogP contribution >= 0.6 is 0 Å². The Balaban J connectivity index is 2.63. The molecule has 0 fully saturated rings. The minimum atomic E-state index is 0.400. The second kappa shape index (κ2) is 7.55. The SMILES string of the molecule is CCCCC#Cc1nnc(N(CC)CC)nn1. The lowest BCUT2D eigenvalue weighted by Crippen LogP contribution is -2.25. The summed E-state index contributed by atoms with van der Waals surface area (Å²) >= 11 is 0. The summed E-state index contributed by atoms with van der Waals surface area (Å²) in [7, 11) is 0. The van der Waals surface area contributed by atoms with Gasteiger partial charge >= 0.3 is 0 Å². The van der Waals surface area contributed by atoms with Crippen molar-refractivity contribution in [2.75, 3.05) is 18.0 Å². The van der Waals surface area contributed by atoms with E-state index in [1.165, 1.54) is 0 Å². The van der Waals surface area contributed by atoms with Crippen LogP contribution in [0.4, 0.5) is 5.95 Å². The predicted octanol–water partition coefficient (Wildman–Crippen LogP) is 1.65. The van der Waals surface area contributed by atoms with Crippen LogP contribution in [0.15, 0.2) is 0 Å². The van der Waals surface area contributed by atoms with Crippen molar-refractivity contribution in [2.45, 2.75) is 40.0 Å². The Morgan fingerprint density at radius 1 is 1.00 bits per heavy atom. The van der Waals surface area contributed by atoms with Crippen molar-refractivity contribution in [2.24, 2.45) is 0 Å². The van der Waals surface area contributed by atoms with Crippen molar-refractivity contribution in [3.63, 3.8) is 0 Å². The zero-order valence-corrected chi connectivity index (χ0v) is 10.8. The summed E-state index contributed by atoms with van der Waals surface area (Å²) in [5, 5.41) is 15.9. The highest BCUT2D eigenvalue weighted by molar-refractivity contribution is 5.26. The van der Waals surface area contributed by atoms with Crippen LogP contribution in [-0.4, -0.2) is 33.5 Å². The van der Waals surface area contributed by atoms with Gasteiger partial charge < -0.3 is 4.90 Å². The number of unbranched alkanes of at least 4 members (excludes halogenated alkanes) is 2. The highest BCUT2D eigenvalue weighted by atomic mass is 15.4. The maximum atomic E-state index is 4.02. The van der Waals surface area contributed by atoms with E-state index in [9.17, 15) is 0 Å². The molecule has 0 saturated heterocycles. The van der Waals surface area contributed by atoms with Crippen molar-refractivity contribution in [1.29, 1.82) is 0 Å². The molecule has 1 aromatic heterocycles. The molecule has 0 N–H and O–H groups in total. The van der Waals surface area contributed by atoms with E-state index in [-0.39, 0.29) is 0 Å². The first-order chi connectivity index (χ1) is 8.31. The van der Waals surface area contributed by atoms with Crippen LogP contribution in [0.1, 0.15) is 45.9 Å². The average molecular weight is 233 g/mol. The van der Waals surface area contributed by atoms with Gasteiger partial charge in [0.1, 0.15) is 0 Å². The van der Waals surface area contributed by atoms with Crippen LogP contribution in [0, 0.1) is 11.8 Å². The summed E-state index contributed by atoms with van der Waals surface area (Å²) in [4.78, 5) is 1.99. The molecular weight excluding hydrogens is 214 g/mol. The maximum Gasteiger partial charge on any atom is 0.264 e. The molecule has 0 unspecified atom stereocenters. The zero-order valence-electron chi connectivity index (χ0n) is 10.8. The molecule has 0 radical (unpaired) electrons. The molecule has 0 amide bonds. The Hall–Kier alpha value is -1.70. The molecular formula is C12H19N5. The van der Waals surface area contributed by atoms with E-state index in [0.717, 1.165) is 32.4 Å². The molecule has 0 bridgehead atoms. The number of hydrogen-bond donors (Lipinski definition) is 0. The van der Waals surface area contributed by atoms with Crippen molar-refractivity contribution in [3.05, 3.63) is 5.82 Å². The van der Waals surface area contributed by atoms with Crippen molar-refractivity contribution in [1.82, 2.24) is 20.4 Å². The van der Waals surface area contributed by atoms with Gasteiger partial charge in [0.05, 0.1) is 0 Å². The number of nitrogens with zero attached hydrogens (tertiary/aromatic N) is 5. The lowest BCUT2D eigenvalue weighted by molar-refractivity contribution is 0.747. The van der Waals surface area contributed by atoms with E-state index < -0.39 is 0 Å². The highest BCUT2D eigenvalue weighted by Gasteiger charge is 2.05. The van der Waals surface area contributed by atoms with Gasteiger partial charge in [-0.2, -0.15) is 0 Å². The van der Waals surface area contributed by atoms with Gasteiger partial charge in [-0.05, 0) is 26.2 Å². The van der Waals surface area contributed by atoms with Gasteiger partial charge in [0.25, 0.3) is 5.95 Å². The van der Waals surface area contributed by atoms with Crippen molar-refractivity contribution < 1.29 is 0 Å². The molecule has 1 heterocycles. The summed E-state index contributed by atoms with van der Waals surface area (Å²) in [6, 6.07) is 0. The van der Waals surface area contributed by atoms with Gasteiger partial charge in [-0.1, -0.05) is 19.3 Å². The van der Waals surface area contributed by atoms with Crippen molar-refractivity contribution >= 4 is 5.95 Å². The van der Waals surface area contributed by atoms with E-state index >= 15 is 0 Å². The Morgan fingerprint density at radius 2 is 1.65 bits per heavy atom. The van der Waals surface area contributed by atoms with Crippen LogP contribution in [0.2, 0.25) is 0 Å². The predicted molar refractivity (Wildman–Crippen MR) is 67.6 cm³/mol. The van der Waals surface area contributed by atoms with Crippen LogP contribution in [0.3, 0.4) is 0 Å². The standard InChI is InChI=1S/C12H19N5/c1-4-7-8-9-10-11-13-15-12(16-14-11)17(5-2)6-3/h4-8H2,1-3H3. The first kappa shape index (κ1) is 13.4. The summed E-state index contributed by atoms with van der Waals surface area (Å²) in [6.07, 6.45) is 3.12. The number of anilines is 1. The Labute approximate surface area is 103 Å². The Bertz CT molecular complexity index is 372. The van der Waals surface area contributed by atoms with Crippen LogP contribution in [-0.2, 0) is 0 Å². The second-order valence-electron chi connectivity index (χ2n) is 3.60. The van der Waals surface area contributed by atoms with Gasteiger partial charge in [0, 0.05) is 19.5 Å². The van der Waals surface area contributed by atoms with E-state index in [4.69, 9.17) is 0 Å². The Kier molecular flexibility index (Phi) is 5.94. The molecule has 0 aliphatic heterocycles. The molecule has 17 heavy (non-hydrogen) atoms. The smallest absolute Gasteiger partial charge is 0.264 e. The van der Waals surface area contributed by atoms with E-state index in [2.05, 4.69) is 39.2 Å². The second-order valence-corrected chi connectivity index (χ2v) is 3.60. The molecule has 0 aromatic carbocycles. The monoisotopic (exact) mass is 233 g/mol. The largest absolute Gasteiger partial charge is 0.339 e. The van der Waals surface area contributed by atoms with Gasteiger partial charge in [-0.3, -0.25) is 0 Å². The topological polar surface area (TPSA) is 54.8 Å². The van der Waals surface area contributed by atoms with Gasteiger partial charge in [0.15, 0.2) is 0 Å². The summed E-state index contributed by atoms with van der Waals surface area (Å²) in [5.41, 5.74) is 0. The van der Waals surface area contributed by atoms with Crippen LogP contribution in [0.25, 0.3) is 0 Å². The molecule has 1 aromatic rings. The fourth-order valence-corrected chi connectivity index (χ4v) is 1.31. The van der Waals surface area contributed by atoms with E-state index in [1.54, 1.807) is 0 Å². The average Bonchev–Trinajstić information content (AvgIpc) is 2.38. The zero-order chi connectivity index (χ0) is 12.5. The van der Waals surface area contributed by atoms with Gasteiger partial charge in [-0.25, -0.2) is 0 Å². The van der Waals surface area contributed by atoms with E-state index in [1.807, 2.05) is 18.7 Å². The Morgan fingerprint density at radius 3 is 2.18 bits per heavy atom. The summed E-state index contributed by atoms with van der Waals surface area (Å²) in [6.45, 7) is 7.93. The van der Waals surface area contributed by atoms with E-state index in [0.29, 0.717) is 11.8 Å². The molecule has 0 aliphatic carbocycles. The first-order valence-corrected chi connectivity index (χ1v) is 6.13. The molecule has 0 atom stereocenters. The van der Waals surface area contributed by atoms with Crippen molar-refractivity contribution in [3.8, 4) is 11.8 Å². The highest BCUT2D eigenvalue weighted by Crippen LogP contribution is 2.01. The summed E-state index contributed by atoms with van der Waals surface area (Å²) < 4.78 is 0. The summed E-state index contributed by atoms with van der Waals surface area (Å²) in [5.74, 6) is 6.84. The van der Waals surface area contributed by atoms with Gasteiger partial charge in [0.2, 0.25) is 5.82 Å². The molecule has 92 valence electrons. The lowest BCUT2D eigenvalue weighted by Gasteiger charge is -2.16. The lowest BCUT2D eigenvalue weighted by atomic mass is 10.2. The van der Waals surface area contributed by atoms with Crippen LogP contribution in [0.5, 0.6) is 0 Å². The molecule has 0 aliphatic rings. The van der Waals surface area contributed by atoms with Gasteiger partial charge in [-0.15, -0.1) is 20.4 Å². The quantitative estimate of drug-likeness (QED) is 0.572. The third kappa shape index (κ3) is 4.35.